The summed E-state index contributed by atoms with van der Waals surface area (Å²) >= 11 is 0. The molecule has 0 heterocycles. The summed E-state index contributed by atoms with van der Waals surface area (Å²) in [6.07, 6.45) is 3.99. The van der Waals surface area contributed by atoms with E-state index in [1.54, 1.807) is 24.3 Å². The van der Waals surface area contributed by atoms with Crippen LogP contribution in [0.2, 0.25) is 0 Å². The van der Waals surface area contributed by atoms with Gasteiger partial charge in [0.15, 0.2) is 0 Å². The van der Waals surface area contributed by atoms with Gasteiger partial charge in [0, 0.05) is 17.5 Å². The Kier molecular flexibility index (Phi) is 3.64. The standard InChI is InChI=1S/C17H19FN2O/c18-15-8-7-14(12-5-1-2-6-13(12)15)16(21)20-17(11-19)9-3-4-10-17/h1-2,5-8H,3-4,9-11,19H2,(H,20,21). The fraction of sp³-hybridized carbons (Fsp3) is 0.353. The maximum absolute atomic E-state index is 13.8. The molecule has 3 N–H and O–H groups in total. The molecule has 0 spiro atoms. The van der Waals surface area contributed by atoms with Crippen LogP contribution in [-0.2, 0) is 0 Å². The van der Waals surface area contributed by atoms with Gasteiger partial charge in [-0.1, -0.05) is 37.1 Å². The van der Waals surface area contributed by atoms with Gasteiger partial charge in [0.2, 0.25) is 0 Å². The Balaban J connectivity index is 1.97. The Morgan fingerprint density at radius 2 is 1.81 bits per heavy atom. The highest BCUT2D eigenvalue weighted by atomic mass is 19.1. The van der Waals surface area contributed by atoms with Crippen molar-refractivity contribution < 1.29 is 9.18 Å². The third kappa shape index (κ3) is 2.51. The van der Waals surface area contributed by atoms with E-state index < -0.39 is 0 Å². The molecule has 0 saturated heterocycles. The summed E-state index contributed by atoms with van der Waals surface area (Å²) in [5, 5.41) is 4.19. The van der Waals surface area contributed by atoms with E-state index in [4.69, 9.17) is 5.73 Å². The molecular formula is C17H19FN2O. The second-order valence-electron chi connectivity index (χ2n) is 5.79. The first-order chi connectivity index (χ1) is 10.2. The molecule has 0 unspecified atom stereocenters. The van der Waals surface area contributed by atoms with Crippen molar-refractivity contribution in [2.75, 3.05) is 6.54 Å². The van der Waals surface area contributed by atoms with Crippen molar-refractivity contribution in [1.82, 2.24) is 5.32 Å². The molecule has 2 aromatic rings. The van der Waals surface area contributed by atoms with Crippen LogP contribution in [0.4, 0.5) is 4.39 Å². The smallest absolute Gasteiger partial charge is 0.252 e. The fourth-order valence-electron chi connectivity index (χ4n) is 3.20. The second-order valence-corrected chi connectivity index (χ2v) is 5.79. The number of benzene rings is 2. The van der Waals surface area contributed by atoms with Crippen molar-refractivity contribution >= 4 is 16.7 Å². The molecule has 3 rings (SSSR count). The lowest BCUT2D eigenvalue weighted by molar-refractivity contribution is 0.0905. The van der Waals surface area contributed by atoms with E-state index in [2.05, 4.69) is 5.32 Å². The first-order valence-corrected chi connectivity index (χ1v) is 7.35. The molecule has 1 fully saturated rings. The van der Waals surface area contributed by atoms with Gasteiger partial charge in [0.1, 0.15) is 5.82 Å². The van der Waals surface area contributed by atoms with Gasteiger partial charge in [0.25, 0.3) is 5.91 Å². The van der Waals surface area contributed by atoms with Crippen molar-refractivity contribution in [2.24, 2.45) is 5.73 Å². The Morgan fingerprint density at radius 3 is 2.48 bits per heavy atom. The highest BCUT2D eigenvalue weighted by Gasteiger charge is 2.34. The molecule has 3 nitrogen and oxygen atoms in total. The minimum absolute atomic E-state index is 0.168. The normalized spacial score (nSPS) is 17.0. The number of nitrogens with two attached hydrogens (primary N) is 1. The average molecular weight is 286 g/mol. The quantitative estimate of drug-likeness (QED) is 0.911. The lowest BCUT2D eigenvalue weighted by atomic mass is 9.96. The number of nitrogens with one attached hydrogen (secondary N) is 1. The number of rotatable bonds is 3. The van der Waals surface area contributed by atoms with E-state index in [9.17, 15) is 9.18 Å². The van der Waals surface area contributed by atoms with Gasteiger partial charge in [-0.2, -0.15) is 0 Å². The van der Waals surface area contributed by atoms with E-state index in [1.807, 2.05) is 6.07 Å². The summed E-state index contributed by atoms with van der Waals surface area (Å²) in [5.74, 6) is -0.477. The van der Waals surface area contributed by atoms with Crippen molar-refractivity contribution in [3.63, 3.8) is 0 Å². The van der Waals surface area contributed by atoms with Crippen LogP contribution >= 0.6 is 0 Å². The molecule has 4 heteroatoms. The molecule has 110 valence electrons. The van der Waals surface area contributed by atoms with E-state index in [1.165, 1.54) is 6.07 Å². The van der Waals surface area contributed by atoms with Gasteiger partial charge >= 0.3 is 0 Å². The van der Waals surface area contributed by atoms with E-state index in [0.29, 0.717) is 22.9 Å². The minimum Gasteiger partial charge on any atom is -0.345 e. The number of hydrogen-bond acceptors (Lipinski definition) is 2. The molecule has 1 aliphatic rings. The SMILES string of the molecule is NCC1(NC(=O)c2ccc(F)c3ccccc23)CCCC1. The third-order valence-electron chi connectivity index (χ3n) is 4.45. The van der Waals surface area contributed by atoms with Crippen LogP contribution in [0.25, 0.3) is 10.8 Å². The maximum Gasteiger partial charge on any atom is 0.252 e. The van der Waals surface area contributed by atoms with Gasteiger partial charge in [-0.15, -0.1) is 0 Å². The van der Waals surface area contributed by atoms with Crippen molar-refractivity contribution in [3.8, 4) is 0 Å². The van der Waals surface area contributed by atoms with Crippen molar-refractivity contribution in [3.05, 3.63) is 47.8 Å². The van der Waals surface area contributed by atoms with Crippen molar-refractivity contribution in [2.45, 2.75) is 31.2 Å². The first-order valence-electron chi connectivity index (χ1n) is 7.35. The Hall–Kier alpha value is -1.94. The Bertz CT molecular complexity index is 678. The molecule has 0 aromatic heterocycles. The summed E-state index contributed by atoms with van der Waals surface area (Å²) in [6.45, 7) is 0.442. The Labute approximate surface area is 123 Å². The van der Waals surface area contributed by atoms with Gasteiger partial charge in [-0.3, -0.25) is 4.79 Å². The number of halogens is 1. The van der Waals surface area contributed by atoms with Gasteiger partial charge in [-0.05, 0) is 30.4 Å². The van der Waals surface area contributed by atoms with Crippen LogP contribution in [0.5, 0.6) is 0 Å². The van der Waals surface area contributed by atoms with Crippen LogP contribution in [0.1, 0.15) is 36.0 Å². The highest BCUT2D eigenvalue weighted by Crippen LogP contribution is 2.30. The Morgan fingerprint density at radius 1 is 1.14 bits per heavy atom. The summed E-state index contributed by atoms with van der Waals surface area (Å²) in [7, 11) is 0. The lowest BCUT2D eigenvalue weighted by Crippen LogP contribution is -2.51. The third-order valence-corrected chi connectivity index (χ3v) is 4.45. The van der Waals surface area contributed by atoms with E-state index >= 15 is 0 Å². The lowest BCUT2D eigenvalue weighted by Gasteiger charge is -2.29. The molecular weight excluding hydrogens is 267 g/mol. The summed E-state index contributed by atoms with van der Waals surface area (Å²) in [6, 6.07) is 9.94. The minimum atomic E-state index is -0.309. The zero-order valence-electron chi connectivity index (χ0n) is 11.9. The zero-order chi connectivity index (χ0) is 14.9. The average Bonchev–Trinajstić information content (AvgIpc) is 2.97. The molecule has 0 bridgehead atoms. The van der Waals surface area contributed by atoms with Gasteiger partial charge in [0.05, 0.1) is 5.54 Å². The van der Waals surface area contributed by atoms with E-state index in [0.717, 1.165) is 25.7 Å². The highest BCUT2D eigenvalue weighted by molar-refractivity contribution is 6.07. The molecule has 0 aliphatic heterocycles. The van der Waals surface area contributed by atoms with Crippen LogP contribution in [-0.4, -0.2) is 18.0 Å². The molecule has 21 heavy (non-hydrogen) atoms. The van der Waals surface area contributed by atoms with Crippen LogP contribution < -0.4 is 11.1 Å². The second kappa shape index (κ2) is 5.45. The van der Waals surface area contributed by atoms with E-state index in [-0.39, 0.29) is 17.3 Å². The van der Waals surface area contributed by atoms with Crippen LogP contribution in [0, 0.1) is 5.82 Å². The largest absolute Gasteiger partial charge is 0.345 e. The number of carbonyl (C=O) groups is 1. The fourth-order valence-corrected chi connectivity index (χ4v) is 3.20. The summed E-state index contributed by atoms with van der Waals surface area (Å²) < 4.78 is 13.8. The van der Waals surface area contributed by atoms with Gasteiger partial charge < -0.3 is 11.1 Å². The maximum atomic E-state index is 13.8. The number of amides is 1. The van der Waals surface area contributed by atoms with Gasteiger partial charge in [-0.25, -0.2) is 4.39 Å². The monoisotopic (exact) mass is 286 g/mol. The molecule has 2 aromatic carbocycles. The van der Waals surface area contributed by atoms with Crippen LogP contribution in [0.3, 0.4) is 0 Å². The molecule has 1 amide bonds. The number of hydrogen-bond donors (Lipinski definition) is 2. The van der Waals surface area contributed by atoms with Crippen molar-refractivity contribution in [1.29, 1.82) is 0 Å². The molecule has 0 radical (unpaired) electrons. The molecule has 0 atom stereocenters. The van der Waals surface area contributed by atoms with Crippen LogP contribution in [0.15, 0.2) is 36.4 Å². The number of fused-ring (bicyclic) bond motifs is 1. The first kappa shape index (κ1) is 14.0. The molecule has 1 aliphatic carbocycles. The summed E-state index contributed by atoms with van der Waals surface area (Å²) in [4.78, 5) is 12.6. The predicted molar refractivity (Wildman–Crippen MR) is 81.6 cm³/mol. The summed E-state index contributed by atoms with van der Waals surface area (Å²) in [5.41, 5.74) is 6.06. The zero-order valence-corrected chi connectivity index (χ0v) is 11.9. The topological polar surface area (TPSA) is 55.1 Å². The predicted octanol–water partition coefficient (Wildman–Crippen LogP) is 2.98. The number of carbonyl (C=O) groups excluding carboxylic acids is 1. The molecule has 1 saturated carbocycles.